The van der Waals surface area contributed by atoms with Crippen LogP contribution in [0.5, 0.6) is 5.75 Å². The van der Waals surface area contributed by atoms with Crippen molar-refractivity contribution in [3.63, 3.8) is 0 Å². The second-order valence-electron chi connectivity index (χ2n) is 5.05. The molecule has 6 heteroatoms. The largest absolute Gasteiger partial charge is 0.494 e. The summed E-state index contributed by atoms with van der Waals surface area (Å²) in [5.74, 6) is 0.752. The lowest BCUT2D eigenvalue weighted by Crippen LogP contribution is -2.33. The first-order valence-electron chi connectivity index (χ1n) is 6.92. The molecule has 2 N–H and O–H groups in total. The summed E-state index contributed by atoms with van der Waals surface area (Å²) in [5, 5.41) is 0. The number of benzene rings is 1. The Labute approximate surface area is 122 Å². The quantitative estimate of drug-likeness (QED) is 0.515. The number of ether oxygens (including phenoxy) is 1. The molecule has 0 aromatic heterocycles. The number of nitrogens with two attached hydrogens (primary N) is 1. The van der Waals surface area contributed by atoms with E-state index in [1.54, 1.807) is 24.3 Å². The van der Waals surface area contributed by atoms with E-state index in [4.69, 9.17) is 10.5 Å². The fraction of sp³-hybridized carbons (Fsp3) is 0.467. The lowest BCUT2D eigenvalue weighted by Gasteiger charge is -2.27. The predicted molar refractivity (Wildman–Crippen MR) is 76.2 cm³/mol. The van der Waals surface area contributed by atoms with Gasteiger partial charge in [0.15, 0.2) is 0 Å². The van der Waals surface area contributed by atoms with Gasteiger partial charge in [-0.3, -0.25) is 4.90 Å². The number of rotatable bonds is 5. The van der Waals surface area contributed by atoms with Crippen LogP contribution in [0, 0.1) is 0 Å². The molecule has 3 nitrogen and oxygen atoms in total. The number of alkyl halides is 3. The zero-order chi connectivity index (χ0) is 15.3. The zero-order valence-electron chi connectivity index (χ0n) is 11.7. The monoisotopic (exact) mass is 300 g/mol. The van der Waals surface area contributed by atoms with Crippen molar-refractivity contribution in [3.8, 4) is 5.75 Å². The highest BCUT2D eigenvalue weighted by atomic mass is 19.4. The Morgan fingerprint density at radius 3 is 2.48 bits per heavy atom. The molecule has 0 radical (unpaired) electrons. The summed E-state index contributed by atoms with van der Waals surface area (Å²) in [7, 11) is 0. The van der Waals surface area contributed by atoms with Crippen LogP contribution in [-0.4, -0.2) is 37.3 Å². The summed E-state index contributed by atoms with van der Waals surface area (Å²) in [5.41, 5.74) is 5.85. The Balaban J connectivity index is 1.66. The summed E-state index contributed by atoms with van der Waals surface area (Å²) in [4.78, 5) is 2.00. The van der Waals surface area contributed by atoms with Gasteiger partial charge in [-0.05, 0) is 37.1 Å². The molecule has 116 valence electrons. The minimum Gasteiger partial charge on any atom is -0.494 e. The predicted octanol–water partition coefficient (Wildman–Crippen LogP) is 3.23. The highest BCUT2D eigenvalue weighted by molar-refractivity contribution is 5.41. The summed E-state index contributed by atoms with van der Waals surface area (Å²) < 4.78 is 43.0. The van der Waals surface area contributed by atoms with Crippen molar-refractivity contribution < 1.29 is 17.9 Å². The number of hydrogen-bond acceptors (Lipinski definition) is 3. The van der Waals surface area contributed by atoms with Crippen LogP contribution in [0.3, 0.4) is 0 Å². The molecule has 0 bridgehead atoms. The van der Waals surface area contributed by atoms with Crippen molar-refractivity contribution in [2.24, 2.45) is 0 Å². The van der Waals surface area contributed by atoms with Gasteiger partial charge < -0.3 is 10.5 Å². The van der Waals surface area contributed by atoms with Gasteiger partial charge in [-0.25, -0.2) is 0 Å². The standard InChI is InChI=1S/C15H19F3N2O/c16-15(17,18)12-6-9-20(10-7-12)8-1-11-21-14-4-2-13(19)3-5-14/h2-6H,1,7-11,19H2. The molecule has 1 aliphatic heterocycles. The second kappa shape index (κ2) is 6.85. The fourth-order valence-corrected chi connectivity index (χ4v) is 2.21. The van der Waals surface area contributed by atoms with Gasteiger partial charge in [0.2, 0.25) is 0 Å². The van der Waals surface area contributed by atoms with Crippen LogP contribution in [-0.2, 0) is 0 Å². The number of nitrogens with zero attached hydrogens (tertiary/aromatic N) is 1. The Bertz CT molecular complexity index is 483. The molecular formula is C15H19F3N2O. The third-order valence-corrected chi connectivity index (χ3v) is 3.42. The molecule has 0 saturated heterocycles. The van der Waals surface area contributed by atoms with Gasteiger partial charge in [0.1, 0.15) is 5.75 Å². The second-order valence-corrected chi connectivity index (χ2v) is 5.05. The van der Waals surface area contributed by atoms with Crippen LogP contribution < -0.4 is 10.5 Å². The van der Waals surface area contributed by atoms with E-state index in [2.05, 4.69) is 0 Å². The van der Waals surface area contributed by atoms with E-state index < -0.39 is 11.7 Å². The van der Waals surface area contributed by atoms with Crippen LogP contribution in [0.15, 0.2) is 35.9 Å². The molecule has 0 amide bonds. The lowest BCUT2D eigenvalue weighted by molar-refractivity contribution is -0.0960. The minimum atomic E-state index is -4.18. The highest BCUT2D eigenvalue weighted by Crippen LogP contribution is 2.30. The molecule has 0 fully saturated rings. The van der Waals surface area contributed by atoms with Crippen LogP contribution in [0.25, 0.3) is 0 Å². The molecule has 1 aromatic rings. The van der Waals surface area contributed by atoms with Crippen LogP contribution in [0.4, 0.5) is 18.9 Å². The molecule has 1 heterocycles. The first-order valence-corrected chi connectivity index (χ1v) is 6.92. The summed E-state index contributed by atoms with van der Waals surface area (Å²) in [6, 6.07) is 7.13. The molecule has 0 aliphatic carbocycles. The topological polar surface area (TPSA) is 38.5 Å². The zero-order valence-corrected chi connectivity index (χ0v) is 11.7. The molecule has 0 spiro atoms. The molecule has 0 unspecified atom stereocenters. The van der Waals surface area contributed by atoms with Crippen molar-refractivity contribution in [2.75, 3.05) is 32.0 Å². The summed E-state index contributed by atoms with van der Waals surface area (Å²) in [6.07, 6.45) is -2.05. The Kier molecular flexibility index (Phi) is 5.12. The first kappa shape index (κ1) is 15.7. The maximum absolute atomic E-state index is 12.5. The van der Waals surface area contributed by atoms with Crippen LogP contribution in [0.1, 0.15) is 12.8 Å². The molecule has 1 aliphatic rings. The Hall–Kier alpha value is -1.69. The van der Waals surface area contributed by atoms with Gasteiger partial charge in [0.05, 0.1) is 6.61 Å². The Morgan fingerprint density at radius 2 is 1.90 bits per heavy atom. The van der Waals surface area contributed by atoms with E-state index in [9.17, 15) is 13.2 Å². The average Bonchev–Trinajstić information content (AvgIpc) is 2.45. The normalized spacial score (nSPS) is 16.6. The number of halogens is 3. The van der Waals surface area contributed by atoms with Gasteiger partial charge in [0.25, 0.3) is 0 Å². The molecular weight excluding hydrogens is 281 g/mol. The van der Waals surface area contributed by atoms with E-state index >= 15 is 0 Å². The molecule has 1 aromatic carbocycles. The molecule has 2 rings (SSSR count). The van der Waals surface area contributed by atoms with Gasteiger partial charge in [-0.15, -0.1) is 0 Å². The van der Waals surface area contributed by atoms with E-state index in [1.165, 1.54) is 6.08 Å². The average molecular weight is 300 g/mol. The minimum absolute atomic E-state index is 0.0717. The van der Waals surface area contributed by atoms with Crippen molar-refractivity contribution in [1.29, 1.82) is 0 Å². The third-order valence-electron chi connectivity index (χ3n) is 3.42. The van der Waals surface area contributed by atoms with Crippen molar-refractivity contribution in [2.45, 2.75) is 19.0 Å². The highest BCUT2D eigenvalue weighted by Gasteiger charge is 2.34. The molecule has 21 heavy (non-hydrogen) atoms. The first-order chi connectivity index (χ1) is 9.95. The summed E-state index contributed by atoms with van der Waals surface area (Å²) >= 11 is 0. The van der Waals surface area contributed by atoms with Gasteiger partial charge in [0, 0.05) is 30.9 Å². The van der Waals surface area contributed by atoms with Crippen molar-refractivity contribution in [3.05, 3.63) is 35.9 Å². The fourth-order valence-electron chi connectivity index (χ4n) is 2.21. The van der Waals surface area contributed by atoms with Gasteiger partial charge in [-0.2, -0.15) is 13.2 Å². The number of hydrogen-bond donors (Lipinski definition) is 1. The summed E-state index contributed by atoms with van der Waals surface area (Å²) in [6.45, 7) is 2.08. The van der Waals surface area contributed by atoms with E-state index in [0.29, 0.717) is 25.4 Å². The van der Waals surface area contributed by atoms with Gasteiger partial charge >= 0.3 is 6.18 Å². The third kappa shape index (κ3) is 4.97. The van der Waals surface area contributed by atoms with Crippen LogP contribution >= 0.6 is 0 Å². The van der Waals surface area contributed by atoms with Crippen molar-refractivity contribution in [1.82, 2.24) is 4.90 Å². The van der Waals surface area contributed by atoms with E-state index in [1.807, 2.05) is 4.90 Å². The number of anilines is 1. The van der Waals surface area contributed by atoms with Crippen molar-refractivity contribution >= 4 is 5.69 Å². The Morgan fingerprint density at radius 1 is 1.19 bits per heavy atom. The lowest BCUT2D eigenvalue weighted by atomic mass is 10.1. The smallest absolute Gasteiger partial charge is 0.412 e. The van der Waals surface area contributed by atoms with Gasteiger partial charge in [-0.1, -0.05) is 6.08 Å². The molecule has 0 atom stereocenters. The maximum atomic E-state index is 12.5. The van der Waals surface area contributed by atoms with E-state index in [0.717, 1.165) is 18.7 Å². The van der Waals surface area contributed by atoms with E-state index in [-0.39, 0.29) is 6.42 Å². The maximum Gasteiger partial charge on any atom is 0.412 e. The SMILES string of the molecule is Nc1ccc(OCCCN2CC=C(C(F)(F)F)CC2)cc1. The molecule has 0 saturated carbocycles. The van der Waals surface area contributed by atoms with Crippen LogP contribution in [0.2, 0.25) is 0 Å². The number of nitrogen functional groups attached to an aromatic ring is 1.